The van der Waals surface area contributed by atoms with Crippen molar-refractivity contribution < 1.29 is 19.1 Å². The number of carbonyl (C=O) groups excluding carboxylic acids is 1. The van der Waals surface area contributed by atoms with E-state index in [1.165, 1.54) is 0 Å². The maximum Gasteiger partial charge on any atom is 0.252 e. The van der Waals surface area contributed by atoms with Gasteiger partial charge in [-0.15, -0.1) is 11.3 Å². The van der Waals surface area contributed by atoms with Crippen LogP contribution in [0.3, 0.4) is 0 Å². The molecule has 0 fully saturated rings. The Kier molecular flexibility index (Phi) is 6.02. The van der Waals surface area contributed by atoms with Crippen molar-refractivity contribution in [1.82, 2.24) is 9.88 Å². The van der Waals surface area contributed by atoms with Gasteiger partial charge in [0.25, 0.3) is 5.91 Å². The largest absolute Gasteiger partial charge is 0.488 e. The number of aromatic nitrogens is 1. The lowest BCUT2D eigenvalue weighted by Gasteiger charge is -2.23. The predicted octanol–water partition coefficient (Wildman–Crippen LogP) is 2.82. The number of fused-ring (bicyclic) bond motifs is 1. The van der Waals surface area contributed by atoms with Crippen LogP contribution in [0.25, 0.3) is 11.0 Å². The molecule has 3 aromatic rings. The van der Waals surface area contributed by atoms with Crippen molar-refractivity contribution in [1.29, 1.82) is 0 Å². The molecule has 1 amide bonds. The van der Waals surface area contributed by atoms with E-state index < -0.39 is 5.91 Å². The fourth-order valence-corrected chi connectivity index (χ4v) is 4.15. The Labute approximate surface area is 167 Å². The number of aliphatic hydroxyl groups is 1. The molecule has 3 rings (SSSR count). The number of furan rings is 1. The summed E-state index contributed by atoms with van der Waals surface area (Å²) >= 11 is 1.57. The van der Waals surface area contributed by atoms with E-state index in [1.54, 1.807) is 30.5 Å². The monoisotopic (exact) mass is 403 g/mol. The zero-order valence-corrected chi connectivity index (χ0v) is 17.3. The molecule has 3 N–H and O–H groups in total. The molecule has 0 radical (unpaired) electrons. The van der Waals surface area contributed by atoms with Gasteiger partial charge in [-0.05, 0) is 40.1 Å². The zero-order valence-electron chi connectivity index (χ0n) is 16.5. The Morgan fingerprint density at radius 3 is 2.71 bits per heavy atom. The molecule has 1 unspecified atom stereocenters. The maximum absolute atomic E-state index is 12.1. The van der Waals surface area contributed by atoms with E-state index in [4.69, 9.17) is 14.9 Å². The fraction of sp³-hybridized carbons (Fsp3) is 0.400. The number of carbonyl (C=O) groups is 1. The number of thiazole rings is 1. The second kappa shape index (κ2) is 8.30. The van der Waals surface area contributed by atoms with Crippen molar-refractivity contribution in [3.8, 4) is 5.75 Å². The van der Waals surface area contributed by atoms with E-state index in [2.05, 4.69) is 4.98 Å². The topological polar surface area (TPSA) is 102 Å². The molecule has 28 heavy (non-hydrogen) atoms. The minimum absolute atomic E-state index is 0.101. The van der Waals surface area contributed by atoms with Gasteiger partial charge in [-0.2, -0.15) is 0 Å². The highest BCUT2D eigenvalue weighted by Crippen LogP contribution is 2.39. The lowest BCUT2D eigenvalue weighted by molar-refractivity contribution is 0.1000. The summed E-state index contributed by atoms with van der Waals surface area (Å²) in [6.07, 6.45) is 1.79. The number of ether oxygens (including phenoxy) is 1. The lowest BCUT2D eigenvalue weighted by atomic mass is 9.92. The molecule has 0 bridgehead atoms. The molecule has 7 nitrogen and oxygen atoms in total. The van der Waals surface area contributed by atoms with E-state index in [-0.39, 0.29) is 12.5 Å². The molecular weight excluding hydrogens is 378 g/mol. The molecule has 2 aromatic heterocycles. The van der Waals surface area contributed by atoms with E-state index in [1.807, 2.05) is 32.0 Å². The standard InChI is InChI=1S/C20H25N3O4S/c1-11-17(20(21)25)19-16(27-11)6-5-15(18(19)13(9-24)8-23(3)4)26-10-14-7-22-12(2)28-14/h5-7,13,24H,8-10H2,1-4H3,(H2,21,25). The molecule has 8 heteroatoms. The molecule has 1 atom stereocenters. The normalized spacial score (nSPS) is 12.6. The summed E-state index contributed by atoms with van der Waals surface area (Å²) in [5.41, 5.74) is 7.26. The summed E-state index contributed by atoms with van der Waals surface area (Å²) in [7, 11) is 3.86. The van der Waals surface area contributed by atoms with Gasteiger partial charge in [-0.1, -0.05) is 0 Å². The van der Waals surface area contributed by atoms with Gasteiger partial charge in [0.1, 0.15) is 23.7 Å². The predicted molar refractivity (Wildman–Crippen MR) is 109 cm³/mol. The Hall–Kier alpha value is -2.42. The number of primary amides is 1. The first-order valence-electron chi connectivity index (χ1n) is 8.97. The number of aryl methyl sites for hydroxylation is 2. The minimum Gasteiger partial charge on any atom is -0.488 e. The molecule has 0 saturated heterocycles. The van der Waals surface area contributed by atoms with Crippen molar-refractivity contribution in [2.24, 2.45) is 5.73 Å². The van der Waals surface area contributed by atoms with Crippen LogP contribution < -0.4 is 10.5 Å². The van der Waals surface area contributed by atoms with Gasteiger partial charge in [-0.25, -0.2) is 4.98 Å². The molecule has 0 spiro atoms. The Balaban J connectivity index is 2.14. The number of rotatable bonds is 8. The summed E-state index contributed by atoms with van der Waals surface area (Å²) in [5, 5.41) is 11.7. The van der Waals surface area contributed by atoms with Crippen LogP contribution >= 0.6 is 11.3 Å². The molecule has 150 valence electrons. The quantitative estimate of drug-likeness (QED) is 0.600. The second-order valence-corrected chi connectivity index (χ2v) is 8.34. The Morgan fingerprint density at radius 1 is 1.39 bits per heavy atom. The van der Waals surface area contributed by atoms with Gasteiger partial charge in [-0.3, -0.25) is 4.79 Å². The van der Waals surface area contributed by atoms with Gasteiger partial charge in [0.15, 0.2) is 0 Å². The zero-order chi connectivity index (χ0) is 20.4. The van der Waals surface area contributed by atoms with Crippen LogP contribution in [0.15, 0.2) is 22.7 Å². The van der Waals surface area contributed by atoms with Gasteiger partial charge >= 0.3 is 0 Å². The number of amides is 1. The number of nitrogens with two attached hydrogens (primary N) is 1. The first-order chi connectivity index (χ1) is 13.3. The highest BCUT2D eigenvalue weighted by atomic mass is 32.1. The molecule has 1 aromatic carbocycles. The number of aliphatic hydroxyl groups excluding tert-OH is 1. The minimum atomic E-state index is -0.561. The van der Waals surface area contributed by atoms with Gasteiger partial charge in [0.05, 0.1) is 22.1 Å². The average Bonchev–Trinajstić information content (AvgIpc) is 3.19. The van der Waals surface area contributed by atoms with Crippen molar-refractivity contribution in [2.75, 3.05) is 27.2 Å². The Morgan fingerprint density at radius 2 is 2.14 bits per heavy atom. The molecule has 0 aliphatic heterocycles. The van der Waals surface area contributed by atoms with E-state index in [0.717, 1.165) is 15.4 Å². The molecule has 0 aliphatic carbocycles. The fourth-order valence-electron chi connectivity index (χ4n) is 3.45. The first kappa shape index (κ1) is 20.3. The van der Waals surface area contributed by atoms with Crippen molar-refractivity contribution >= 4 is 28.2 Å². The van der Waals surface area contributed by atoms with Gasteiger partial charge < -0.3 is 24.9 Å². The number of hydrogen-bond donors (Lipinski definition) is 2. The second-order valence-electron chi connectivity index (χ2n) is 7.02. The van der Waals surface area contributed by atoms with Crippen LogP contribution in [0.1, 0.15) is 37.5 Å². The molecule has 0 aliphatic rings. The number of hydrogen-bond acceptors (Lipinski definition) is 7. The van der Waals surface area contributed by atoms with E-state index in [9.17, 15) is 9.90 Å². The molecule has 2 heterocycles. The summed E-state index contributed by atoms with van der Waals surface area (Å²) in [4.78, 5) is 19.3. The summed E-state index contributed by atoms with van der Waals surface area (Å²) in [6.45, 7) is 4.49. The highest BCUT2D eigenvalue weighted by Gasteiger charge is 2.27. The third-order valence-corrected chi connectivity index (χ3v) is 5.42. The highest BCUT2D eigenvalue weighted by molar-refractivity contribution is 7.11. The SMILES string of the molecule is Cc1ncc(COc2ccc3oc(C)c(C(N)=O)c3c2C(CO)CN(C)C)s1. The van der Waals surface area contributed by atoms with Crippen LogP contribution in [0, 0.1) is 13.8 Å². The van der Waals surface area contributed by atoms with Gasteiger partial charge in [0, 0.05) is 29.6 Å². The Bertz CT molecular complexity index is 993. The lowest BCUT2D eigenvalue weighted by Crippen LogP contribution is -2.24. The van der Waals surface area contributed by atoms with Crippen LogP contribution in [-0.2, 0) is 6.61 Å². The number of benzene rings is 1. The van der Waals surface area contributed by atoms with Crippen molar-refractivity contribution in [2.45, 2.75) is 26.4 Å². The smallest absolute Gasteiger partial charge is 0.252 e. The summed E-state index contributed by atoms with van der Waals surface area (Å²) < 4.78 is 11.9. The van der Waals surface area contributed by atoms with Gasteiger partial charge in [0.2, 0.25) is 0 Å². The maximum atomic E-state index is 12.1. The van der Waals surface area contributed by atoms with Crippen molar-refractivity contribution in [3.63, 3.8) is 0 Å². The summed E-state index contributed by atoms with van der Waals surface area (Å²) in [6, 6.07) is 3.59. The third kappa shape index (κ3) is 4.04. The first-order valence-corrected chi connectivity index (χ1v) is 9.79. The molecular formula is C20H25N3O4S. The average molecular weight is 404 g/mol. The summed E-state index contributed by atoms with van der Waals surface area (Å²) in [5.74, 6) is 0.226. The van der Waals surface area contributed by atoms with Crippen LogP contribution in [-0.4, -0.2) is 48.1 Å². The van der Waals surface area contributed by atoms with E-state index >= 15 is 0 Å². The number of nitrogens with zero attached hydrogens (tertiary/aromatic N) is 2. The van der Waals surface area contributed by atoms with Crippen LogP contribution in [0.2, 0.25) is 0 Å². The van der Waals surface area contributed by atoms with Crippen LogP contribution in [0.5, 0.6) is 5.75 Å². The van der Waals surface area contributed by atoms with Crippen LogP contribution in [0.4, 0.5) is 0 Å². The third-order valence-electron chi connectivity index (χ3n) is 4.53. The molecule has 0 saturated carbocycles. The van der Waals surface area contributed by atoms with Crippen molar-refractivity contribution in [3.05, 3.63) is 45.1 Å². The van der Waals surface area contributed by atoms with E-state index in [0.29, 0.717) is 41.2 Å². The number of likely N-dealkylation sites (N-methyl/N-ethyl adjacent to an activating group) is 1.